The predicted octanol–water partition coefficient (Wildman–Crippen LogP) is 5.58. The van der Waals surface area contributed by atoms with Crippen LogP contribution in [0.5, 0.6) is 11.8 Å². The Labute approximate surface area is 323 Å². The Balaban J connectivity index is 1.24. The number of carboxylic acid groups (broad SMARTS) is 1. The second kappa shape index (κ2) is 15.3. The van der Waals surface area contributed by atoms with E-state index in [2.05, 4.69) is 20.1 Å². The first-order chi connectivity index (χ1) is 26.5. The summed E-state index contributed by atoms with van der Waals surface area (Å²) in [6.45, 7) is 11.2. The number of aryl methyl sites for hydroxylation is 2. The topological polar surface area (TPSA) is 177 Å². The van der Waals surface area contributed by atoms with Crippen LogP contribution in [0.1, 0.15) is 66.5 Å². The van der Waals surface area contributed by atoms with Crippen LogP contribution in [0.4, 0.5) is 13.2 Å². The lowest BCUT2D eigenvalue weighted by Gasteiger charge is -2.44. The molecule has 19 heteroatoms. The van der Waals surface area contributed by atoms with Crippen LogP contribution in [-0.2, 0) is 27.0 Å². The molecule has 15 nitrogen and oxygen atoms in total. The van der Waals surface area contributed by atoms with E-state index < -0.39 is 45.7 Å². The monoisotopic (exact) mass is 805 g/mol. The molecule has 0 aliphatic carbocycles. The summed E-state index contributed by atoms with van der Waals surface area (Å²) in [6.07, 6.45) is -2.67. The second-order valence-corrected chi connectivity index (χ2v) is 17.0. The first-order valence-electron chi connectivity index (χ1n) is 18.4. The van der Waals surface area contributed by atoms with Crippen molar-refractivity contribution in [2.24, 2.45) is 5.41 Å². The number of rotatable bonds is 10. The summed E-state index contributed by atoms with van der Waals surface area (Å²) in [5.41, 5.74) is -0.284. The number of alkyl halides is 3. The summed E-state index contributed by atoms with van der Waals surface area (Å²) in [5.74, 6) is -2.96. The van der Waals surface area contributed by atoms with Crippen LogP contribution in [0, 0.1) is 19.3 Å². The van der Waals surface area contributed by atoms with Crippen LogP contribution in [0.3, 0.4) is 0 Å². The van der Waals surface area contributed by atoms with Crippen molar-refractivity contribution in [2.45, 2.75) is 69.7 Å². The standard InChI is InChI=1S/C37H46F3N7O8S/c1-23-5-6-26(30(35(3,4)34(48)49)25-9-12-47-31(24(25)2)43-44-33(47)37(38,39)40)41-27(23)21-46-22-36(10-16-52-17-11-36)55-32-28(56(46,50)51)7-8-29(42-32)54-20-15-45-13-18-53-19-14-45/h5-9,12,30,50-51H,10-11,13-22H2,1-4H3,(H,48,49). The van der Waals surface area contributed by atoms with E-state index in [1.807, 2.05) is 6.92 Å². The Morgan fingerprint density at radius 1 is 1.00 bits per heavy atom. The molecule has 7 rings (SSSR count). The van der Waals surface area contributed by atoms with E-state index in [9.17, 15) is 32.2 Å². The predicted molar refractivity (Wildman–Crippen MR) is 197 cm³/mol. The van der Waals surface area contributed by atoms with Crippen molar-refractivity contribution in [2.75, 3.05) is 59.2 Å². The van der Waals surface area contributed by atoms with Gasteiger partial charge in [-0.15, -0.1) is 21.0 Å². The fourth-order valence-corrected chi connectivity index (χ4v) is 9.10. The van der Waals surface area contributed by atoms with Gasteiger partial charge in [-0.2, -0.15) is 22.5 Å². The van der Waals surface area contributed by atoms with Crippen molar-refractivity contribution in [3.8, 4) is 11.8 Å². The minimum atomic E-state index is -4.76. The van der Waals surface area contributed by atoms with Crippen LogP contribution < -0.4 is 9.47 Å². The minimum absolute atomic E-state index is 0.0630. The fraction of sp³-hybridized carbons (Fsp3) is 0.541. The largest absolute Gasteiger partial charge is 0.481 e. The summed E-state index contributed by atoms with van der Waals surface area (Å²) < 4.78 is 91.3. The lowest BCUT2D eigenvalue weighted by Crippen LogP contribution is -2.50. The van der Waals surface area contributed by atoms with E-state index in [0.29, 0.717) is 80.5 Å². The number of morpholine rings is 1. The lowest BCUT2D eigenvalue weighted by atomic mass is 9.72. The maximum Gasteiger partial charge on any atom is 0.452 e. The van der Waals surface area contributed by atoms with Crippen LogP contribution in [0.2, 0.25) is 0 Å². The Hall–Kier alpha value is -4.11. The van der Waals surface area contributed by atoms with Crippen LogP contribution in [0.15, 0.2) is 41.4 Å². The third kappa shape index (κ3) is 7.77. The molecular weight excluding hydrogens is 760 g/mol. The summed E-state index contributed by atoms with van der Waals surface area (Å²) in [5, 5.41) is 17.6. The van der Waals surface area contributed by atoms with Crippen molar-refractivity contribution in [3.63, 3.8) is 0 Å². The molecule has 1 spiro atoms. The molecule has 3 aliphatic rings. The van der Waals surface area contributed by atoms with Crippen LogP contribution in [-0.4, -0.2) is 119 Å². The average Bonchev–Trinajstić information content (AvgIpc) is 3.58. The van der Waals surface area contributed by atoms with E-state index in [1.54, 1.807) is 31.2 Å². The van der Waals surface area contributed by atoms with Crippen LogP contribution >= 0.6 is 10.8 Å². The molecule has 1 atom stereocenters. The van der Waals surface area contributed by atoms with E-state index in [0.717, 1.165) is 17.5 Å². The number of aliphatic carboxylic acids is 1. The van der Waals surface area contributed by atoms with Crippen molar-refractivity contribution in [1.82, 2.24) is 33.8 Å². The zero-order valence-corrected chi connectivity index (χ0v) is 32.4. The second-order valence-electron chi connectivity index (χ2n) is 15.0. The number of fused-ring (bicyclic) bond motifs is 2. The molecule has 4 aromatic rings. The molecule has 1 unspecified atom stereocenters. The van der Waals surface area contributed by atoms with Gasteiger partial charge < -0.3 is 24.1 Å². The highest BCUT2D eigenvalue weighted by Gasteiger charge is 2.47. The van der Waals surface area contributed by atoms with Gasteiger partial charge in [-0.05, 0) is 62.6 Å². The first kappa shape index (κ1) is 40.1. The lowest BCUT2D eigenvalue weighted by molar-refractivity contribution is -0.147. The Bertz CT molecular complexity index is 2090. The van der Waals surface area contributed by atoms with Crippen molar-refractivity contribution < 1.29 is 51.1 Å². The molecule has 2 saturated heterocycles. The summed E-state index contributed by atoms with van der Waals surface area (Å²) in [7, 11) is -3.75. The molecular formula is C37H46F3N7O8S. The first-order valence-corrected chi connectivity index (χ1v) is 19.9. The van der Waals surface area contributed by atoms with Gasteiger partial charge in [0.2, 0.25) is 17.6 Å². The molecule has 0 radical (unpaired) electrons. The van der Waals surface area contributed by atoms with Crippen molar-refractivity contribution >= 4 is 22.4 Å². The summed E-state index contributed by atoms with van der Waals surface area (Å²) >= 11 is 0. The smallest absolute Gasteiger partial charge is 0.452 e. The number of pyridine rings is 3. The Morgan fingerprint density at radius 2 is 1.71 bits per heavy atom. The molecule has 56 heavy (non-hydrogen) atoms. The van der Waals surface area contributed by atoms with Gasteiger partial charge in [0, 0.05) is 56.4 Å². The fourth-order valence-electron chi connectivity index (χ4n) is 7.53. The van der Waals surface area contributed by atoms with Gasteiger partial charge in [-0.25, -0.2) is 0 Å². The molecule has 0 amide bonds. The number of ether oxygens (including phenoxy) is 4. The van der Waals surface area contributed by atoms with Gasteiger partial charge in [-0.1, -0.05) is 6.07 Å². The van der Waals surface area contributed by atoms with E-state index >= 15 is 0 Å². The number of halogens is 3. The molecule has 2 fully saturated rings. The number of hydrogen-bond acceptors (Lipinski definition) is 13. The number of carbonyl (C=O) groups is 1. The molecule has 3 aliphatic heterocycles. The van der Waals surface area contributed by atoms with E-state index in [1.165, 1.54) is 30.4 Å². The number of aromatic nitrogens is 5. The maximum atomic E-state index is 13.7. The molecule has 0 bridgehead atoms. The highest BCUT2D eigenvalue weighted by Crippen LogP contribution is 2.59. The molecule has 7 heterocycles. The number of nitrogens with zero attached hydrogens (tertiary/aromatic N) is 7. The summed E-state index contributed by atoms with van der Waals surface area (Å²) in [6, 6.07) is 8.05. The molecule has 0 aromatic carbocycles. The molecule has 3 N–H and O–H groups in total. The van der Waals surface area contributed by atoms with Gasteiger partial charge in [-0.3, -0.25) is 28.2 Å². The highest BCUT2D eigenvalue weighted by atomic mass is 32.3. The average molecular weight is 806 g/mol. The molecule has 304 valence electrons. The van der Waals surface area contributed by atoms with Gasteiger partial charge in [0.1, 0.15) is 17.1 Å². The Kier molecular flexibility index (Phi) is 11.0. The molecule has 0 saturated carbocycles. The van der Waals surface area contributed by atoms with Gasteiger partial charge in [0.05, 0.1) is 50.6 Å². The zero-order valence-electron chi connectivity index (χ0n) is 31.6. The highest BCUT2D eigenvalue weighted by molar-refractivity contribution is 8.22. The van der Waals surface area contributed by atoms with Gasteiger partial charge in [0.25, 0.3) is 0 Å². The van der Waals surface area contributed by atoms with E-state index in [-0.39, 0.29) is 35.4 Å². The molecule has 4 aromatic heterocycles. The van der Waals surface area contributed by atoms with Crippen molar-refractivity contribution in [1.29, 1.82) is 0 Å². The van der Waals surface area contributed by atoms with Crippen molar-refractivity contribution in [3.05, 3.63) is 70.4 Å². The number of carboxylic acids is 1. The summed E-state index contributed by atoms with van der Waals surface area (Å²) in [4.78, 5) is 24.8. The zero-order chi connectivity index (χ0) is 40.0. The maximum absolute atomic E-state index is 13.7. The van der Waals surface area contributed by atoms with Crippen LogP contribution in [0.25, 0.3) is 5.65 Å². The quantitative estimate of drug-likeness (QED) is 0.181. The number of hydrogen-bond donors (Lipinski definition) is 3. The van der Waals surface area contributed by atoms with E-state index in [4.69, 9.17) is 23.9 Å². The van der Waals surface area contributed by atoms with Gasteiger partial charge in [0.15, 0.2) is 5.65 Å². The third-order valence-corrected chi connectivity index (χ3v) is 12.8. The normalized spacial score (nSPS) is 20.2. The third-order valence-electron chi connectivity index (χ3n) is 10.9. The SMILES string of the molecule is Cc1ccc(C(c2ccn3c(C(F)(F)F)nnc3c2C)C(C)(C)C(=O)O)nc1CN1CC2(CCOCC2)Oc2nc(OCCN3CCOCC3)ccc2S1(O)O. The Morgan fingerprint density at radius 3 is 2.41 bits per heavy atom. The minimum Gasteiger partial charge on any atom is -0.481 e. The van der Waals surface area contributed by atoms with Gasteiger partial charge >= 0.3 is 12.1 Å².